The molecule has 0 aliphatic rings. The van der Waals surface area contributed by atoms with Gasteiger partial charge in [0.25, 0.3) is 0 Å². The molecule has 1 rings (SSSR count). The van der Waals surface area contributed by atoms with Crippen molar-refractivity contribution >= 4 is 11.9 Å². The van der Waals surface area contributed by atoms with Gasteiger partial charge in [-0.25, -0.2) is 9.97 Å². The van der Waals surface area contributed by atoms with E-state index in [9.17, 15) is 4.79 Å². The van der Waals surface area contributed by atoms with Crippen molar-refractivity contribution in [3.63, 3.8) is 0 Å². The molecule has 0 aliphatic carbocycles. The van der Waals surface area contributed by atoms with Crippen LogP contribution < -0.4 is 5.32 Å². The third-order valence-electron chi connectivity index (χ3n) is 1.55. The van der Waals surface area contributed by atoms with Crippen molar-refractivity contribution in [2.24, 2.45) is 5.92 Å². The number of aromatic nitrogens is 2. The average molecular weight is 181 g/mol. The molecule has 0 amide bonds. The molecule has 1 unspecified atom stereocenters. The monoisotopic (exact) mass is 181 g/mol. The first-order valence-corrected chi connectivity index (χ1v) is 3.94. The minimum Gasteiger partial charge on any atom is -0.481 e. The van der Waals surface area contributed by atoms with Crippen LogP contribution in [0.4, 0.5) is 5.95 Å². The van der Waals surface area contributed by atoms with E-state index in [1.165, 1.54) is 0 Å². The molecule has 0 aromatic carbocycles. The van der Waals surface area contributed by atoms with E-state index in [2.05, 4.69) is 15.3 Å². The van der Waals surface area contributed by atoms with Gasteiger partial charge in [-0.15, -0.1) is 0 Å². The van der Waals surface area contributed by atoms with Crippen LogP contribution in [0.3, 0.4) is 0 Å². The van der Waals surface area contributed by atoms with Crippen molar-refractivity contribution in [3.05, 3.63) is 18.5 Å². The van der Waals surface area contributed by atoms with E-state index in [1.807, 2.05) is 0 Å². The zero-order valence-corrected chi connectivity index (χ0v) is 7.27. The van der Waals surface area contributed by atoms with E-state index in [-0.39, 0.29) is 0 Å². The maximum Gasteiger partial charge on any atom is 0.308 e. The SMILES string of the molecule is CC(CNc1ncccn1)C(=O)O. The first kappa shape index (κ1) is 9.44. The number of nitrogens with zero attached hydrogens (tertiary/aromatic N) is 2. The maximum atomic E-state index is 10.4. The van der Waals surface area contributed by atoms with Crippen molar-refractivity contribution in [1.29, 1.82) is 0 Å². The van der Waals surface area contributed by atoms with Crippen molar-refractivity contribution in [2.75, 3.05) is 11.9 Å². The Labute approximate surface area is 75.8 Å². The number of hydrogen-bond acceptors (Lipinski definition) is 4. The Morgan fingerprint density at radius 3 is 2.77 bits per heavy atom. The Balaban J connectivity index is 2.39. The van der Waals surface area contributed by atoms with E-state index in [0.717, 1.165) is 0 Å². The number of nitrogens with one attached hydrogen (secondary N) is 1. The van der Waals surface area contributed by atoms with E-state index in [0.29, 0.717) is 12.5 Å². The van der Waals surface area contributed by atoms with E-state index in [4.69, 9.17) is 5.11 Å². The number of carbonyl (C=O) groups is 1. The third kappa shape index (κ3) is 3.06. The highest BCUT2D eigenvalue weighted by atomic mass is 16.4. The molecule has 70 valence electrons. The fourth-order valence-corrected chi connectivity index (χ4v) is 0.722. The smallest absolute Gasteiger partial charge is 0.308 e. The summed E-state index contributed by atoms with van der Waals surface area (Å²) in [5.41, 5.74) is 0. The lowest BCUT2D eigenvalue weighted by molar-refractivity contribution is -0.140. The summed E-state index contributed by atoms with van der Waals surface area (Å²) < 4.78 is 0. The molecule has 0 spiro atoms. The molecular weight excluding hydrogens is 170 g/mol. The Bertz CT molecular complexity index is 276. The predicted molar refractivity (Wildman–Crippen MR) is 47.3 cm³/mol. The fraction of sp³-hybridized carbons (Fsp3) is 0.375. The Hall–Kier alpha value is -1.65. The van der Waals surface area contributed by atoms with Gasteiger partial charge in [-0.05, 0) is 6.07 Å². The molecule has 0 fully saturated rings. The van der Waals surface area contributed by atoms with Crippen LogP contribution in [0.15, 0.2) is 18.5 Å². The standard InChI is InChI=1S/C8H11N3O2/c1-6(7(12)13)5-11-8-9-3-2-4-10-8/h2-4,6H,5H2,1H3,(H,12,13)(H,9,10,11). The lowest BCUT2D eigenvalue weighted by Crippen LogP contribution is -2.20. The fourth-order valence-electron chi connectivity index (χ4n) is 0.722. The van der Waals surface area contributed by atoms with Crippen molar-refractivity contribution < 1.29 is 9.90 Å². The topological polar surface area (TPSA) is 75.1 Å². The molecule has 0 aliphatic heterocycles. The number of anilines is 1. The second kappa shape index (κ2) is 4.39. The molecule has 1 aromatic rings. The van der Waals surface area contributed by atoms with Gasteiger partial charge in [0.05, 0.1) is 5.92 Å². The van der Waals surface area contributed by atoms with Crippen molar-refractivity contribution in [1.82, 2.24) is 9.97 Å². The number of carboxylic acids is 1. The number of rotatable bonds is 4. The number of hydrogen-bond donors (Lipinski definition) is 2. The first-order chi connectivity index (χ1) is 6.20. The molecule has 0 saturated carbocycles. The van der Waals surface area contributed by atoms with Crippen LogP contribution in [0.5, 0.6) is 0 Å². The van der Waals surface area contributed by atoms with Gasteiger partial charge in [-0.2, -0.15) is 0 Å². The van der Waals surface area contributed by atoms with Crippen LogP contribution in [0.25, 0.3) is 0 Å². The van der Waals surface area contributed by atoms with Gasteiger partial charge in [0.1, 0.15) is 0 Å². The molecule has 2 N–H and O–H groups in total. The summed E-state index contributed by atoms with van der Waals surface area (Å²) in [4.78, 5) is 18.2. The second-order valence-electron chi connectivity index (χ2n) is 2.69. The van der Waals surface area contributed by atoms with E-state index < -0.39 is 11.9 Å². The van der Waals surface area contributed by atoms with Crippen molar-refractivity contribution in [2.45, 2.75) is 6.92 Å². The quantitative estimate of drug-likeness (QED) is 0.711. The van der Waals surface area contributed by atoms with Crippen LogP contribution in [0.1, 0.15) is 6.92 Å². The summed E-state index contributed by atoms with van der Waals surface area (Å²) in [6.45, 7) is 1.96. The molecule has 1 atom stereocenters. The average Bonchev–Trinajstić information content (AvgIpc) is 2.15. The largest absolute Gasteiger partial charge is 0.481 e. The van der Waals surface area contributed by atoms with Gasteiger partial charge in [0.15, 0.2) is 0 Å². The molecule has 0 bridgehead atoms. The lowest BCUT2D eigenvalue weighted by atomic mass is 10.2. The van der Waals surface area contributed by atoms with Gasteiger partial charge in [0.2, 0.25) is 5.95 Å². The molecule has 0 saturated heterocycles. The molecule has 1 aromatic heterocycles. The van der Waals surface area contributed by atoms with Crippen LogP contribution in [0.2, 0.25) is 0 Å². The van der Waals surface area contributed by atoms with Gasteiger partial charge in [0, 0.05) is 18.9 Å². The second-order valence-corrected chi connectivity index (χ2v) is 2.69. The van der Waals surface area contributed by atoms with E-state index >= 15 is 0 Å². The van der Waals surface area contributed by atoms with Gasteiger partial charge < -0.3 is 10.4 Å². The molecule has 5 nitrogen and oxygen atoms in total. The normalized spacial score (nSPS) is 12.1. The minimum atomic E-state index is -0.830. The molecule has 5 heteroatoms. The summed E-state index contributed by atoms with van der Waals surface area (Å²) >= 11 is 0. The summed E-state index contributed by atoms with van der Waals surface area (Å²) in [6, 6.07) is 1.70. The van der Waals surface area contributed by atoms with Crippen LogP contribution in [0, 0.1) is 5.92 Å². The minimum absolute atomic E-state index is 0.333. The zero-order chi connectivity index (χ0) is 9.68. The Kier molecular flexibility index (Phi) is 3.19. The Morgan fingerprint density at radius 2 is 2.23 bits per heavy atom. The molecule has 13 heavy (non-hydrogen) atoms. The summed E-state index contributed by atoms with van der Waals surface area (Å²) in [6.07, 6.45) is 3.20. The summed E-state index contributed by atoms with van der Waals surface area (Å²) in [5.74, 6) is -0.817. The molecule has 1 heterocycles. The van der Waals surface area contributed by atoms with Gasteiger partial charge in [-0.1, -0.05) is 6.92 Å². The highest BCUT2D eigenvalue weighted by Crippen LogP contribution is 1.98. The third-order valence-corrected chi connectivity index (χ3v) is 1.55. The highest BCUT2D eigenvalue weighted by Gasteiger charge is 2.10. The van der Waals surface area contributed by atoms with Gasteiger partial charge >= 0.3 is 5.97 Å². The van der Waals surface area contributed by atoms with Crippen molar-refractivity contribution in [3.8, 4) is 0 Å². The molecular formula is C8H11N3O2. The highest BCUT2D eigenvalue weighted by molar-refractivity contribution is 5.70. The summed E-state index contributed by atoms with van der Waals surface area (Å²) in [7, 11) is 0. The lowest BCUT2D eigenvalue weighted by Gasteiger charge is -2.06. The Morgan fingerprint density at radius 1 is 1.62 bits per heavy atom. The maximum absolute atomic E-state index is 10.4. The first-order valence-electron chi connectivity index (χ1n) is 3.94. The predicted octanol–water partition coefficient (Wildman–Crippen LogP) is 0.609. The van der Waals surface area contributed by atoms with Crippen LogP contribution in [-0.2, 0) is 4.79 Å². The van der Waals surface area contributed by atoms with Crippen LogP contribution in [-0.4, -0.2) is 27.6 Å². The van der Waals surface area contributed by atoms with Crippen LogP contribution >= 0.6 is 0 Å². The van der Waals surface area contributed by atoms with E-state index in [1.54, 1.807) is 25.4 Å². The zero-order valence-electron chi connectivity index (χ0n) is 7.27. The van der Waals surface area contributed by atoms with Gasteiger partial charge in [-0.3, -0.25) is 4.79 Å². The number of carboxylic acid groups (broad SMARTS) is 1. The molecule has 0 radical (unpaired) electrons. The number of aliphatic carboxylic acids is 1. The summed E-state index contributed by atoms with van der Waals surface area (Å²) in [5, 5.41) is 11.4.